The monoisotopic (exact) mass is 315 g/mol. The highest BCUT2D eigenvalue weighted by Crippen LogP contribution is 2.22. The van der Waals surface area contributed by atoms with E-state index in [0.717, 1.165) is 23.9 Å². The van der Waals surface area contributed by atoms with Crippen LogP contribution in [0.1, 0.15) is 25.3 Å². The van der Waals surface area contributed by atoms with Gasteiger partial charge in [0.25, 0.3) is 5.56 Å². The third-order valence-corrected chi connectivity index (χ3v) is 4.07. The summed E-state index contributed by atoms with van der Waals surface area (Å²) < 4.78 is 8.38. The van der Waals surface area contributed by atoms with Crippen molar-refractivity contribution in [3.8, 4) is 5.88 Å². The molecule has 1 N–H and O–H groups in total. The first-order valence-corrected chi connectivity index (χ1v) is 7.89. The highest BCUT2D eigenvalue weighted by molar-refractivity contribution is 5.79. The Balaban J connectivity index is 2.35. The van der Waals surface area contributed by atoms with Crippen molar-refractivity contribution in [2.45, 2.75) is 32.7 Å². The third-order valence-electron chi connectivity index (χ3n) is 4.07. The fraction of sp³-hybridized carbons (Fsp3) is 0.412. The van der Waals surface area contributed by atoms with Gasteiger partial charge in [-0.1, -0.05) is 25.5 Å². The molecule has 0 aliphatic heterocycles. The Labute approximate surface area is 134 Å². The molecular formula is C17H21N3O3. The number of benzene rings is 1. The zero-order valence-corrected chi connectivity index (χ0v) is 13.5. The minimum absolute atomic E-state index is 0.00306. The minimum Gasteiger partial charge on any atom is -0.494 e. The summed E-state index contributed by atoms with van der Waals surface area (Å²) in [6.07, 6.45) is 2.36. The number of imidazole rings is 1. The van der Waals surface area contributed by atoms with Gasteiger partial charge < -0.3 is 9.84 Å². The standard InChI is InChI=1S/C17H21N3O3/c1-3-4-7-12-15(21)19(10-11-23-2)17-18-13-8-5-6-9-14(13)20(17)16(12)22/h5-6,8-9,21H,3-4,7,10-11H2,1-2H3. The first-order chi connectivity index (χ1) is 11.2. The second-order valence-electron chi connectivity index (χ2n) is 5.59. The number of aromatic nitrogens is 3. The number of hydrogen-bond acceptors (Lipinski definition) is 4. The second-order valence-corrected chi connectivity index (χ2v) is 5.59. The van der Waals surface area contributed by atoms with Gasteiger partial charge in [0, 0.05) is 7.11 Å². The molecule has 122 valence electrons. The van der Waals surface area contributed by atoms with Crippen molar-refractivity contribution in [2.75, 3.05) is 13.7 Å². The van der Waals surface area contributed by atoms with E-state index in [9.17, 15) is 9.90 Å². The number of ether oxygens (including phenoxy) is 1. The maximum atomic E-state index is 12.9. The van der Waals surface area contributed by atoms with E-state index < -0.39 is 0 Å². The molecule has 3 aromatic rings. The maximum Gasteiger partial charge on any atom is 0.266 e. The fourth-order valence-electron chi connectivity index (χ4n) is 2.84. The molecule has 23 heavy (non-hydrogen) atoms. The van der Waals surface area contributed by atoms with Crippen LogP contribution in [0.15, 0.2) is 29.1 Å². The van der Waals surface area contributed by atoms with Crippen LogP contribution in [0.3, 0.4) is 0 Å². The van der Waals surface area contributed by atoms with E-state index in [4.69, 9.17) is 4.74 Å². The van der Waals surface area contributed by atoms with E-state index in [2.05, 4.69) is 11.9 Å². The van der Waals surface area contributed by atoms with Crippen LogP contribution in [0.25, 0.3) is 16.8 Å². The molecule has 0 unspecified atom stereocenters. The summed E-state index contributed by atoms with van der Waals surface area (Å²) in [6, 6.07) is 7.51. The highest BCUT2D eigenvalue weighted by atomic mass is 16.5. The van der Waals surface area contributed by atoms with Gasteiger partial charge in [0.2, 0.25) is 11.7 Å². The summed E-state index contributed by atoms with van der Waals surface area (Å²) in [5.41, 5.74) is 1.76. The lowest BCUT2D eigenvalue weighted by Gasteiger charge is -2.14. The Morgan fingerprint density at radius 3 is 2.83 bits per heavy atom. The third kappa shape index (κ3) is 2.59. The normalized spacial score (nSPS) is 11.6. The lowest BCUT2D eigenvalue weighted by atomic mass is 10.1. The molecule has 0 fully saturated rings. The predicted octanol–water partition coefficient (Wildman–Crippen LogP) is 2.34. The Kier molecular flexibility index (Phi) is 4.34. The molecule has 6 nitrogen and oxygen atoms in total. The van der Waals surface area contributed by atoms with Gasteiger partial charge in [-0.3, -0.25) is 9.36 Å². The molecule has 0 saturated carbocycles. The molecule has 0 aliphatic carbocycles. The van der Waals surface area contributed by atoms with Crippen molar-refractivity contribution in [3.05, 3.63) is 40.2 Å². The van der Waals surface area contributed by atoms with Crippen LogP contribution in [0.5, 0.6) is 5.88 Å². The molecule has 6 heteroatoms. The van der Waals surface area contributed by atoms with Crippen molar-refractivity contribution >= 4 is 16.8 Å². The molecule has 1 aromatic carbocycles. The van der Waals surface area contributed by atoms with Crippen molar-refractivity contribution in [1.29, 1.82) is 0 Å². The van der Waals surface area contributed by atoms with Gasteiger partial charge in [0.15, 0.2) is 0 Å². The lowest BCUT2D eigenvalue weighted by molar-refractivity contribution is 0.184. The number of nitrogens with zero attached hydrogens (tertiary/aromatic N) is 3. The molecule has 0 amide bonds. The summed E-state index contributed by atoms with van der Waals surface area (Å²) in [4.78, 5) is 17.4. The molecule has 0 atom stereocenters. The van der Waals surface area contributed by atoms with Crippen molar-refractivity contribution in [1.82, 2.24) is 14.0 Å². The summed E-state index contributed by atoms with van der Waals surface area (Å²) in [6.45, 7) is 2.93. The van der Waals surface area contributed by atoms with Crippen LogP contribution in [-0.2, 0) is 17.7 Å². The quantitative estimate of drug-likeness (QED) is 0.758. The molecule has 0 bridgehead atoms. The van der Waals surface area contributed by atoms with Crippen LogP contribution >= 0.6 is 0 Å². The number of rotatable bonds is 6. The van der Waals surface area contributed by atoms with Crippen LogP contribution < -0.4 is 5.56 Å². The highest BCUT2D eigenvalue weighted by Gasteiger charge is 2.19. The molecule has 2 heterocycles. The Morgan fingerprint density at radius 2 is 2.09 bits per heavy atom. The van der Waals surface area contributed by atoms with Crippen molar-refractivity contribution in [3.63, 3.8) is 0 Å². The maximum absolute atomic E-state index is 12.9. The zero-order chi connectivity index (χ0) is 16.4. The second kappa shape index (κ2) is 6.42. The summed E-state index contributed by atoms with van der Waals surface area (Å²) in [5.74, 6) is 0.453. The summed E-state index contributed by atoms with van der Waals surface area (Å²) in [7, 11) is 1.61. The van der Waals surface area contributed by atoms with Crippen LogP contribution in [0, 0.1) is 0 Å². The van der Waals surface area contributed by atoms with Crippen molar-refractivity contribution < 1.29 is 9.84 Å². The average molecular weight is 315 g/mol. The summed E-state index contributed by atoms with van der Waals surface area (Å²) >= 11 is 0. The smallest absolute Gasteiger partial charge is 0.266 e. The molecule has 0 saturated heterocycles. The predicted molar refractivity (Wildman–Crippen MR) is 89.1 cm³/mol. The molecule has 3 rings (SSSR count). The first-order valence-electron chi connectivity index (χ1n) is 7.89. The van der Waals surface area contributed by atoms with E-state index in [0.29, 0.717) is 30.9 Å². The number of hydrogen-bond donors (Lipinski definition) is 1. The number of para-hydroxylation sites is 2. The van der Waals surface area contributed by atoms with Gasteiger partial charge in [-0.15, -0.1) is 0 Å². The SMILES string of the molecule is CCCCc1c(O)n(CCOC)c2nc3ccccc3n2c1=O. The molecule has 0 aliphatic rings. The minimum atomic E-state index is -0.187. The van der Waals surface area contributed by atoms with Gasteiger partial charge in [0.05, 0.1) is 29.7 Å². The number of unbranched alkanes of at least 4 members (excludes halogenated alkanes) is 1. The number of aromatic hydroxyl groups is 1. The molecular weight excluding hydrogens is 294 g/mol. The van der Waals surface area contributed by atoms with Gasteiger partial charge in [-0.25, -0.2) is 9.38 Å². The average Bonchev–Trinajstić information content (AvgIpc) is 2.94. The van der Waals surface area contributed by atoms with E-state index in [1.807, 2.05) is 24.3 Å². The van der Waals surface area contributed by atoms with E-state index in [1.54, 1.807) is 16.1 Å². The Morgan fingerprint density at radius 1 is 1.30 bits per heavy atom. The van der Waals surface area contributed by atoms with Crippen LogP contribution in [0.2, 0.25) is 0 Å². The van der Waals surface area contributed by atoms with Crippen LogP contribution in [0.4, 0.5) is 0 Å². The van der Waals surface area contributed by atoms with Crippen LogP contribution in [-0.4, -0.2) is 32.8 Å². The number of methoxy groups -OCH3 is 1. The van der Waals surface area contributed by atoms with E-state index in [1.165, 1.54) is 0 Å². The fourth-order valence-corrected chi connectivity index (χ4v) is 2.84. The Bertz CT molecular complexity index is 895. The molecule has 2 aromatic heterocycles. The molecule has 0 spiro atoms. The Hall–Kier alpha value is -2.34. The van der Waals surface area contributed by atoms with E-state index >= 15 is 0 Å². The largest absolute Gasteiger partial charge is 0.494 e. The van der Waals surface area contributed by atoms with Crippen molar-refractivity contribution in [2.24, 2.45) is 0 Å². The van der Waals surface area contributed by atoms with Gasteiger partial charge in [-0.2, -0.15) is 0 Å². The van der Waals surface area contributed by atoms with Gasteiger partial charge >= 0.3 is 0 Å². The topological polar surface area (TPSA) is 68.8 Å². The van der Waals surface area contributed by atoms with E-state index in [-0.39, 0.29) is 11.4 Å². The lowest BCUT2D eigenvalue weighted by Crippen LogP contribution is -2.23. The molecule has 0 radical (unpaired) electrons. The van der Waals surface area contributed by atoms with Gasteiger partial charge in [0.1, 0.15) is 0 Å². The zero-order valence-electron chi connectivity index (χ0n) is 13.5. The first kappa shape index (κ1) is 15.6. The number of fused-ring (bicyclic) bond motifs is 3. The summed E-state index contributed by atoms with van der Waals surface area (Å²) in [5, 5.41) is 10.6. The van der Waals surface area contributed by atoms with Gasteiger partial charge in [-0.05, 0) is 25.0 Å².